The fraction of sp³-hybridized carbons (Fsp3) is 0.357. The number of allylic oxidation sites excluding steroid dienone is 4. The summed E-state index contributed by atoms with van der Waals surface area (Å²) in [6, 6.07) is 1.20. The second-order valence-corrected chi connectivity index (χ2v) is 4.27. The number of hydrogen-bond acceptors (Lipinski definition) is 5. The van der Waals surface area contributed by atoms with Gasteiger partial charge in [0, 0.05) is 34.4 Å². The molecule has 0 saturated carbocycles. The van der Waals surface area contributed by atoms with Crippen molar-refractivity contribution in [3.05, 3.63) is 36.2 Å². The van der Waals surface area contributed by atoms with Crippen LogP contribution >= 0.6 is 0 Å². The molecular formula is C14H18F3N3O2. The van der Waals surface area contributed by atoms with Gasteiger partial charge in [0.2, 0.25) is 0 Å². The van der Waals surface area contributed by atoms with Crippen LogP contribution < -0.4 is 0 Å². The van der Waals surface area contributed by atoms with E-state index in [1.807, 2.05) is 14.1 Å². The number of nitriles is 1. The van der Waals surface area contributed by atoms with Crippen LogP contribution in [0.25, 0.3) is 0 Å². The van der Waals surface area contributed by atoms with Crippen LogP contribution in [0.2, 0.25) is 0 Å². The van der Waals surface area contributed by atoms with Gasteiger partial charge in [-0.25, -0.2) is 0 Å². The highest BCUT2D eigenvalue weighted by Crippen LogP contribution is 2.20. The number of aldehydes is 1. The molecule has 22 heavy (non-hydrogen) atoms. The predicted octanol–water partition coefficient (Wildman–Crippen LogP) is 1.90. The summed E-state index contributed by atoms with van der Waals surface area (Å²) < 4.78 is 35.7. The Labute approximate surface area is 127 Å². The van der Waals surface area contributed by atoms with E-state index in [9.17, 15) is 22.8 Å². The van der Waals surface area contributed by atoms with Gasteiger partial charge in [-0.2, -0.15) is 18.4 Å². The molecule has 0 aromatic heterocycles. The number of nitrogens with zero attached hydrogens (tertiary/aromatic N) is 3. The normalized spacial score (nSPS) is 11.6. The highest BCUT2D eigenvalue weighted by molar-refractivity contribution is 6.03. The number of ketones is 1. The van der Waals surface area contributed by atoms with E-state index in [1.165, 1.54) is 24.4 Å². The maximum atomic E-state index is 11.9. The summed E-state index contributed by atoms with van der Waals surface area (Å²) in [5.41, 5.74) is -0.930. The molecule has 0 heterocycles. The molecule has 0 aromatic carbocycles. The Morgan fingerprint density at radius 1 is 1.05 bits per heavy atom. The monoisotopic (exact) mass is 317 g/mol. The van der Waals surface area contributed by atoms with E-state index < -0.39 is 17.5 Å². The summed E-state index contributed by atoms with van der Waals surface area (Å²) in [7, 11) is 7.03. The third-order valence-corrected chi connectivity index (χ3v) is 1.73. The second kappa shape index (κ2) is 11.1. The SMILES string of the molecule is CN(C)C=CC=C(C#N)C(=O)C(F)(F)F.CN(C)C=CC=O. The Morgan fingerprint density at radius 3 is 1.77 bits per heavy atom. The first-order chi connectivity index (χ1) is 10.1. The highest BCUT2D eigenvalue weighted by Gasteiger charge is 2.40. The molecule has 0 aliphatic rings. The summed E-state index contributed by atoms with van der Waals surface area (Å²) in [4.78, 5) is 23.6. The molecule has 0 amide bonds. The van der Waals surface area contributed by atoms with Crippen LogP contribution in [-0.4, -0.2) is 56.2 Å². The van der Waals surface area contributed by atoms with Crippen molar-refractivity contribution >= 4 is 12.1 Å². The molecular weight excluding hydrogens is 299 g/mol. The molecule has 5 nitrogen and oxygen atoms in total. The lowest BCUT2D eigenvalue weighted by Crippen LogP contribution is -2.23. The first-order valence-electron chi connectivity index (χ1n) is 5.91. The Bertz CT molecular complexity index is 485. The average molecular weight is 317 g/mol. The molecule has 0 aromatic rings. The molecule has 8 heteroatoms. The molecule has 0 unspecified atom stereocenters. The van der Waals surface area contributed by atoms with Gasteiger partial charge in [-0.05, 0) is 24.4 Å². The molecule has 0 fully saturated rings. The predicted molar refractivity (Wildman–Crippen MR) is 76.5 cm³/mol. The fourth-order valence-electron chi connectivity index (χ4n) is 0.835. The molecule has 122 valence electrons. The van der Waals surface area contributed by atoms with Crippen molar-refractivity contribution in [1.29, 1.82) is 5.26 Å². The molecule has 0 saturated heterocycles. The first kappa shape index (κ1) is 21.7. The lowest BCUT2D eigenvalue weighted by molar-refractivity contribution is -0.166. The first-order valence-corrected chi connectivity index (χ1v) is 5.91. The number of hydrogen-bond donors (Lipinski definition) is 0. The van der Waals surface area contributed by atoms with Crippen molar-refractivity contribution in [3.8, 4) is 6.07 Å². The van der Waals surface area contributed by atoms with Crippen LogP contribution in [0.4, 0.5) is 13.2 Å². The minimum absolute atomic E-state index is 0.750. The van der Waals surface area contributed by atoms with Crippen LogP contribution in [-0.2, 0) is 9.59 Å². The van der Waals surface area contributed by atoms with Crippen molar-refractivity contribution in [2.75, 3.05) is 28.2 Å². The topological polar surface area (TPSA) is 64.4 Å². The van der Waals surface area contributed by atoms with Crippen molar-refractivity contribution in [3.63, 3.8) is 0 Å². The Morgan fingerprint density at radius 2 is 1.50 bits per heavy atom. The molecule has 0 atom stereocenters. The van der Waals surface area contributed by atoms with Crippen molar-refractivity contribution in [1.82, 2.24) is 9.80 Å². The van der Waals surface area contributed by atoms with Gasteiger partial charge in [-0.3, -0.25) is 9.59 Å². The van der Waals surface area contributed by atoms with Crippen LogP contribution in [0.3, 0.4) is 0 Å². The maximum Gasteiger partial charge on any atom is 0.455 e. The van der Waals surface area contributed by atoms with E-state index in [2.05, 4.69) is 0 Å². The third-order valence-electron chi connectivity index (χ3n) is 1.73. The third kappa shape index (κ3) is 12.5. The molecule has 0 aliphatic heterocycles. The van der Waals surface area contributed by atoms with Gasteiger partial charge >= 0.3 is 6.18 Å². The zero-order chi connectivity index (χ0) is 17.8. The van der Waals surface area contributed by atoms with Gasteiger partial charge in [-0.1, -0.05) is 0 Å². The molecule has 0 N–H and O–H groups in total. The number of rotatable bonds is 5. The lowest BCUT2D eigenvalue weighted by atomic mass is 10.1. The summed E-state index contributed by atoms with van der Waals surface area (Å²) in [6.45, 7) is 0. The minimum Gasteiger partial charge on any atom is -0.383 e. The average Bonchev–Trinajstić information content (AvgIpc) is 2.40. The van der Waals surface area contributed by atoms with E-state index in [1.54, 1.807) is 30.1 Å². The highest BCUT2D eigenvalue weighted by atomic mass is 19.4. The Kier molecular flexibility index (Phi) is 11.0. The quantitative estimate of drug-likeness (QED) is 0.335. The summed E-state index contributed by atoms with van der Waals surface area (Å²) in [5, 5.41) is 8.34. The smallest absolute Gasteiger partial charge is 0.383 e. The van der Waals surface area contributed by atoms with Crippen LogP contribution in [0.1, 0.15) is 0 Å². The van der Waals surface area contributed by atoms with Gasteiger partial charge in [0.15, 0.2) is 0 Å². The van der Waals surface area contributed by atoms with Crippen molar-refractivity contribution in [2.24, 2.45) is 0 Å². The van der Waals surface area contributed by atoms with Crippen LogP contribution in [0.15, 0.2) is 36.2 Å². The van der Waals surface area contributed by atoms with E-state index in [0.29, 0.717) is 0 Å². The van der Waals surface area contributed by atoms with Gasteiger partial charge in [0.1, 0.15) is 17.9 Å². The molecule has 0 spiro atoms. The largest absolute Gasteiger partial charge is 0.455 e. The number of carbonyl (C=O) groups excluding carboxylic acids is 2. The Hall–Kier alpha value is -2.56. The second-order valence-electron chi connectivity index (χ2n) is 4.27. The lowest BCUT2D eigenvalue weighted by Gasteiger charge is -2.03. The summed E-state index contributed by atoms with van der Waals surface area (Å²) in [6.07, 6.45) is 2.32. The standard InChI is InChI=1S/C9H9F3N2O.C5H9NO/c1-14(2)5-3-4-7(6-13)8(15)9(10,11)12;1-6(2)4-3-5-7/h3-5H,1-2H3;3-5H,1-2H3. The van der Waals surface area contributed by atoms with Crippen molar-refractivity contribution in [2.45, 2.75) is 6.18 Å². The molecule has 0 radical (unpaired) electrons. The van der Waals surface area contributed by atoms with E-state index >= 15 is 0 Å². The van der Waals surface area contributed by atoms with Crippen molar-refractivity contribution < 1.29 is 22.8 Å². The van der Waals surface area contributed by atoms with Gasteiger partial charge in [0.25, 0.3) is 5.78 Å². The van der Waals surface area contributed by atoms with Gasteiger partial charge in [-0.15, -0.1) is 0 Å². The fourth-order valence-corrected chi connectivity index (χ4v) is 0.835. The van der Waals surface area contributed by atoms with E-state index in [0.717, 1.165) is 12.4 Å². The van der Waals surface area contributed by atoms with Crippen LogP contribution in [0, 0.1) is 11.3 Å². The summed E-state index contributed by atoms with van der Waals surface area (Å²) in [5.74, 6) is -2.13. The van der Waals surface area contributed by atoms with E-state index in [4.69, 9.17) is 5.26 Å². The number of carbonyl (C=O) groups is 2. The zero-order valence-corrected chi connectivity index (χ0v) is 12.8. The van der Waals surface area contributed by atoms with E-state index in [-0.39, 0.29) is 0 Å². The zero-order valence-electron chi connectivity index (χ0n) is 12.8. The summed E-state index contributed by atoms with van der Waals surface area (Å²) >= 11 is 0. The maximum absolute atomic E-state index is 11.9. The molecule has 0 bridgehead atoms. The Balaban J connectivity index is 0. The van der Waals surface area contributed by atoms with Crippen LogP contribution in [0.5, 0.6) is 0 Å². The number of halogens is 3. The molecule has 0 aliphatic carbocycles. The van der Waals surface area contributed by atoms with Gasteiger partial charge < -0.3 is 9.80 Å². The van der Waals surface area contributed by atoms with Gasteiger partial charge in [0.05, 0.1) is 0 Å². The number of alkyl halides is 3. The molecule has 0 rings (SSSR count). The minimum atomic E-state index is -5.01. The number of Topliss-reactive ketones (excluding diaryl/α,β-unsaturated/α-hetero) is 1.